The topological polar surface area (TPSA) is 89.7 Å². The third-order valence-corrected chi connectivity index (χ3v) is 7.23. The van der Waals surface area contributed by atoms with Gasteiger partial charge in [-0.3, -0.25) is 9.48 Å². The van der Waals surface area contributed by atoms with E-state index in [9.17, 15) is 31.5 Å². The number of carbonyl (C=O) groups is 2. The van der Waals surface area contributed by atoms with Crippen molar-refractivity contribution in [3.8, 4) is 0 Å². The van der Waals surface area contributed by atoms with Gasteiger partial charge in [-0.05, 0) is 50.1 Å². The Hall–Kier alpha value is -3.94. The van der Waals surface area contributed by atoms with Crippen molar-refractivity contribution in [2.45, 2.75) is 45.3 Å². The van der Waals surface area contributed by atoms with E-state index in [4.69, 9.17) is 4.84 Å². The van der Waals surface area contributed by atoms with E-state index in [0.717, 1.165) is 34.8 Å². The van der Waals surface area contributed by atoms with Gasteiger partial charge < -0.3 is 9.74 Å². The summed E-state index contributed by atoms with van der Waals surface area (Å²) in [4.78, 5) is 34.9. The van der Waals surface area contributed by atoms with Gasteiger partial charge in [0, 0.05) is 42.6 Å². The van der Waals surface area contributed by atoms with Gasteiger partial charge in [0.05, 0.1) is 5.01 Å². The van der Waals surface area contributed by atoms with Crippen LogP contribution in [-0.4, -0.2) is 50.3 Å². The molecule has 1 aliphatic heterocycles. The van der Waals surface area contributed by atoms with Crippen LogP contribution in [-0.2, 0) is 27.1 Å². The Labute approximate surface area is 229 Å². The highest BCUT2D eigenvalue weighted by Gasteiger charge is 2.35. The van der Waals surface area contributed by atoms with Crippen LogP contribution in [0.3, 0.4) is 0 Å². The van der Waals surface area contributed by atoms with Gasteiger partial charge in [-0.1, -0.05) is 11.2 Å². The third-order valence-electron chi connectivity index (χ3n) is 6.22. The summed E-state index contributed by atoms with van der Waals surface area (Å²) in [5.41, 5.74) is -0.668. The lowest BCUT2D eigenvalue weighted by molar-refractivity contribution is -0.142. The fourth-order valence-electron chi connectivity index (χ4n) is 4.11. The molecule has 0 unspecified atom stereocenters. The standard InChI is InChI=1S/C26H24F5N5O3S/c1-15-12-23(26(29,30)31)33-36(15)13-24(38)35-10-8-17(9-11-35)25-32-22(14-40-25)21(34-39-16(2)37)7-6-18-19(27)4-3-5-20(18)28/h3-7,12,14,17H,8-11,13H2,1-2H3. The molecule has 1 fully saturated rings. The van der Waals surface area contributed by atoms with Crippen LogP contribution in [0.5, 0.6) is 0 Å². The molecule has 2 aromatic heterocycles. The van der Waals surface area contributed by atoms with Crippen molar-refractivity contribution in [3.05, 3.63) is 75.0 Å². The van der Waals surface area contributed by atoms with E-state index >= 15 is 0 Å². The van der Waals surface area contributed by atoms with Crippen molar-refractivity contribution >= 4 is 35.0 Å². The summed E-state index contributed by atoms with van der Waals surface area (Å²) in [6, 6.07) is 4.36. The van der Waals surface area contributed by atoms with Crippen molar-refractivity contribution in [1.82, 2.24) is 19.7 Å². The largest absolute Gasteiger partial charge is 0.435 e. The number of hydrogen-bond donors (Lipinski definition) is 0. The van der Waals surface area contributed by atoms with E-state index in [1.807, 2.05) is 0 Å². The number of piperidine rings is 1. The van der Waals surface area contributed by atoms with Gasteiger partial charge in [0.2, 0.25) is 5.91 Å². The number of benzene rings is 1. The number of aryl methyl sites for hydroxylation is 1. The minimum atomic E-state index is -4.59. The van der Waals surface area contributed by atoms with E-state index in [2.05, 4.69) is 15.2 Å². The van der Waals surface area contributed by atoms with E-state index < -0.39 is 29.5 Å². The summed E-state index contributed by atoms with van der Waals surface area (Å²) < 4.78 is 67.9. The summed E-state index contributed by atoms with van der Waals surface area (Å²) in [5.74, 6) is -2.57. The second-order valence-electron chi connectivity index (χ2n) is 9.08. The van der Waals surface area contributed by atoms with E-state index in [-0.39, 0.29) is 35.3 Å². The van der Waals surface area contributed by atoms with Gasteiger partial charge >= 0.3 is 12.1 Å². The maximum Gasteiger partial charge on any atom is 0.435 e. The predicted octanol–water partition coefficient (Wildman–Crippen LogP) is 5.33. The molecule has 0 bridgehead atoms. The molecule has 0 atom stereocenters. The van der Waals surface area contributed by atoms with E-state index in [0.29, 0.717) is 31.6 Å². The monoisotopic (exact) mass is 581 g/mol. The lowest BCUT2D eigenvalue weighted by Crippen LogP contribution is -2.40. The first-order valence-corrected chi connectivity index (χ1v) is 13.0. The average Bonchev–Trinajstić information content (AvgIpc) is 3.53. The molecule has 1 aromatic carbocycles. The Balaban J connectivity index is 1.42. The summed E-state index contributed by atoms with van der Waals surface area (Å²) in [6.07, 6.45) is -0.980. The fourth-order valence-corrected chi connectivity index (χ4v) is 5.10. The van der Waals surface area contributed by atoms with Crippen molar-refractivity contribution in [1.29, 1.82) is 0 Å². The third kappa shape index (κ3) is 6.97. The Morgan fingerprint density at radius 1 is 1.20 bits per heavy atom. The number of nitrogens with zero attached hydrogens (tertiary/aromatic N) is 5. The molecule has 0 spiro atoms. The highest BCUT2D eigenvalue weighted by Crippen LogP contribution is 2.31. The van der Waals surface area contributed by atoms with Gasteiger partial charge in [-0.15, -0.1) is 11.3 Å². The van der Waals surface area contributed by atoms with Crippen molar-refractivity contribution in [2.75, 3.05) is 13.1 Å². The Kier molecular flexibility index (Phi) is 8.76. The Morgan fingerprint density at radius 3 is 2.48 bits per heavy atom. The molecule has 0 aliphatic carbocycles. The van der Waals surface area contributed by atoms with Crippen LogP contribution in [0.4, 0.5) is 22.0 Å². The minimum Gasteiger partial charge on any atom is -0.341 e. The number of halogens is 5. The first-order chi connectivity index (χ1) is 18.9. The highest BCUT2D eigenvalue weighted by atomic mass is 32.1. The molecule has 0 saturated carbocycles. The molecule has 1 aliphatic rings. The molecule has 0 radical (unpaired) electrons. The van der Waals surface area contributed by atoms with Crippen LogP contribution in [0.2, 0.25) is 0 Å². The van der Waals surface area contributed by atoms with E-state index in [1.54, 1.807) is 10.3 Å². The van der Waals surface area contributed by atoms with Crippen LogP contribution >= 0.6 is 11.3 Å². The minimum absolute atomic E-state index is 0.00552. The lowest BCUT2D eigenvalue weighted by atomic mass is 9.97. The molecular formula is C26H24F5N5O3S. The number of likely N-dealkylation sites (tertiary alicyclic amines) is 1. The summed E-state index contributed by atoms with van der Waals surface area (Å²) in [6.45, 7) is 3.09. The first-order valence-electron chi connectivity index (χ1n) is 12.1. The summed E-state index contributed by atoms with van der Waals surface area (Å²) >= 11 is 1.33. The molecule has 8 nitrogen and oxygen atoms in total. The maximum absolute atomic E-state index is 14.0. The SMILES string of the molecule is CC(=O)ON=C(C=Cc1c(F)cccc1F)c1csc(C2CCN(C(=O)Cn3nc(C(F)(F)F)cc3C)CC2)n1. The molecule has 14 heteroatoms. The van der Waals surface area contributed by atoms with Crippen LogP contribution in [0, 0.1) is 18.6 Å². The number of hydrogen-bond acceptors (Lipinski definition) is 7. The zero-order chi connectivity index (χ0) is 29.0. The van der Waals surface area contributed by atoms with Crippen LogP contribution in [0.25, 0.3) is 6.08 Å². The molecule has 1 saturated heterocycles. The number of amides is 1. The zero-order valence-corrected chi connectivity index (χ0v) is 22.2. The van der Waals surface area contributed by atoms with Crippen molar-refractivity contribution in [3.63, 3.8) is 0 Å². The first kappa shape index (κ1) is 29.1. The molecule has 1 amide bonds. The fraction of sp³-hybridized carbons (Fsp3) is 0.346. The molecule has 3 aromatic rings. The van der Waals surface area contributed by atoms with Crippen LogP contribution in [0.15, 0.2) is 40.9 Å². The smallest absolute Gasteiger partial charge is 0.341 e. The molecule has 40 heavy (non-hydrogen) atoms. The molecule has 212 valence electrons. The second kappa shape index (κ2) is 12.1. The average molecular weight is 582 g/mol. The highest BCUT2D eigenvalue weighted by molar-refractivity contribution is 7.10. The van der Waals surface area contributed by atoms with Gasteiger partial charge in [0.25, 0.3) is 0 Å². The van der Waals surface area contributed by atoms with Crippen LogP contribution in [0.1, 0.15) is 53.3 Å². The normalized spacial score (nSPS) is 15.2. The summed E-state index contributed by atoms with van der Waals surface area (Å²) in [5, 5.41) is 9.70. The van der Waals surface area contributed by atoms with Gasteiger partial charge in [0.1, 0.15) is 29.6 Å². The number of alkyl halides is 3. The van der Waals surface area contributed by atoms with Gasteiger partial charge in [-0.2, -0.15) is 18.3 Å². The molecule has 4 rings (SSSR count). The van der Waals surface area contributed by atoms with Crippen molar-refractivity contribution in [2.24, 2.45) is 5.16 Å². The second-order valence-corrected chi connectivity index (χ2v) is 9.97. The molecule has 3 heterocycles. The number of aromatic nitrogens is 3. The number of allylic oxidation sites excluding steroid dienone is 1. The lowest BCUT2D eigenvalue weighted by Gasteiger charge is -2.31. The number of oxime groups is 1. The van der Waals surface area contributed by atoms with E-state index in [1.165, 1.54) is 36.5 Å². The Bertz CT molecular complexity index is 1430. The maximum atomic E-state index is 14.0. The zero-order valence-electron chi connectivity index (χ0n) is 21.4. The predicted molar refractivity (Wildman–Crippen MR) is 136 cm³/mol. The van der Waals surface area contributed by atoms with Gasteiger partial charge in [-0.25, -0.2) is 18.6 Å². The number of rotatable bonds is 7. The number of carbonyl (C=O) groups excluding carboxylic acids is 2. The summed E-state index contributed by atoms with van der Waals surface area (Å²) in [7, 11) is 0. The van der Waals surface area contributed by atoms with Crippen LogP contribution < -0.4 is 0 Å². The Morgan fingerprint density at radius 2 is 1.88 bits per heavy atom. The quantitative estimate of drug-likeness (QED) is 0.163. The molecular weight excluding hydrogens is 557 g/mol. The number of thiazole rings is 1. The van der Waals surface area contributed by atoms with Crippen molar-refractivity contribution < 1.29 is 36.4 Å². The molecule has 0 N–H and O–H groups in total. The van der Waals surface area contributed by atoms with Gasteiger partial charge in [0.15, 0.2) is 5.69 Å².